The number of likely N-dealkylation sites (tertiary alicyclic amines) is 1. The van der Waals surface area contributed by atoms with Crippen molar-refractivity contribution in [3.8, 4) is 5.75 Å². The molecule has 0 N–H and O–H groups in total. The second-order valence-corrected chi connectivity index (χ2v) is 10.8. The lowest BCUT2D eigenvalue weighted by molar-refractivity contribution is -0.137. The molecule has 2 bridgehead atoms. The van der Waals surface area contributed by atoms with Crippen LogP contribution in [0.4, 0.5) is 0 Å². The third-order valence-electron chi connectivity index (χ3n) is 8.54. The van der Waals surface area contributed by atoms with E-state index in [0.717, 1.165) is 56.8 Å². The quantitative estimate of drug-likeness (QED) is 0.554. The number of ether oxygens (including phenoxy) is 1. The van der Waals surface area contributed by atoms with Gasteiger partial charge in [-0.25, -0.2) is 0 Å². The molecule has 0 spiro atoms. The summed E-state index contributed by atoms with van der Waals surface area (Å²) in [5.41, 5.74) is 1.07. The van der Waals surface area contributed by atoms with Gasteiger partial charge >= 0.3 is 0 Å². The van der Waals surface area contributed by atoms with E-state index < -0.39 is 0 Å². The van der Waals surface area contributed by atoms with Crippen molar-refractivity contribution >= 4 is 17.7 Å². The predicted octanol–water partition coefficient (Wildman–Crippen LogP) is 3.17. The van der Waals surface area contributed by atoms with Crippen LogP contribution in [0.25, 0.3) is 0 Å². The van der Waals surface area contributed by atoms with Crippen molar-refractivity contribution in [2.45, 2.75) is 59.0 Å². The highest BCUT2D eigenvalue weighted by Gasteiger charge is 2.34. The molecule has 8 heteroatoms. The van der Waals surface area contributed by atoms with Gasteiger partial charge in [0.1, 0.15) is 12.4 Å². The number of hydrogen-bond donors (Lipinski definition) is 0. The molecule has 2 atom stereocenters. The molecule has 2 saturated heterocycles. The van der Waals surface area contributed by atoms with Crippen molar-refractivity contribution in [3.05, 3.63) is 42.0 Å². The summed E-state index contributed by atoms with van der Waals surface area (Å²) in [5, 5.41) is 0. The van der Waals surface area contributed by atoms with Gasteiger partial charge in [0.25, 0.3) is 0 Å². The Labute approximate surface area is 227 Å². The monoisotopic (exact) mass is 524 g/mol. The number of carbonyl (C=O) groups excluding carboxylic acids is 3. The predicted molar refractivity (Wildman–Crippen MR) is 147 cm³/mol. The molecule has 4 rings (SSSR count). The number of para-hydroxylation sites is 1. The zero-order valence-corrected chi connectivity index (χ0v) is 23.3. The molecule has 3 aliphatic rings. The van der Waals surface area contributed by atoms with E-state index in [4.69, 9.17) is 4.74 Å². The summed E-state index contributed by atoms with van der Waals surface area (Å²) in [4.78, 5) is 46.5. The lowest BCUT2D eigenvalue weighted by Crippen LogP contribution is -2.51. The fourth-order valence-corrected chi connectivity index (χ4v) is 6.15. The molecule has 0 aromatic heterocycles. The highest BCUT2D eigenvalue weighted by atomic mass is 16.5. The molecule has 38 heavy (non-hydrogen) atoms. The fraction of sp³-hybridized carbons (Fsp3) is 0.633. The van der Waals surface area contributed by atoms with E-state index >= 15 is 0 Å². The van der Waals surface area contributed by atoms with Crippen LogP contribution in [-0.2, 0) is 20.9 Å². The van der Waals surface area contributed by atoms with E-state index in [-0.39, 0.29) is 35.6 Å². The van der Waals surface area contributed by atoms with Crippen molar-refractivity contribution in [2.24, 2.45) is 11.8 Å². The number of nitrogens with zero attached hydrogens (tertiary/aromatic N) is 4. The van der Waals surface area contributed by atoms with Crippen molar-refractivity contribution in [3.63, 3.8) is 0 Å². The average Bonchev–Trinajstić information content (AvgIpc) is 2.93. The first-order chi connectivity index (χ1) is 18.4. The van der Waals surface area contributed by atoms with Gasteiger partial charge in [0.05, 0.1) is 6.54 Å². The van der Waals surface area contributed by atoms with Gasteiger partial charge in [0.15, 0.2) is 0 Å². The first-order valence-corrected chi connectivity index (χ1v) is 14.3. The molecule has 3 amide bonds. The van der Waals surface area contributed by atoms with Gasteiger partial charge in [0.2, 0.25) is 17.7 Å². The summed E-state index contributed by atoms with van der Waals surface area (Å²) in [5.74, 6) is 1.63. The lowest BCUT2D eigenvalue weighted by Gasteiger charge is -2.41. The average molecular weight is 525 g/mol. The fourth-order valence-electron chi connectivity index (χ4n) is 6.15. The second kappa shape index (κ2) is 13.3. The number of fused-ring (bicyclic) bond motifs is 3. The Morgan fingerprint density at radius 1 is 1.03 bits per heavy atom. The Morgan fingerprint density at radius 2 is 1.76 bits per heavy atom. The molecule has 3 heterocycles. The number of rotatable bonds is 5. The smallest absolute Gasteiger partial charge is 0.236 e. The number of amides is 3. The zero-order valence-electron chi connectivity index (χ0n) is 23.3. The van der Waals surface area contributed by atoms with Gasteiger partial charge in [-0.2, -0.15) is 0 Å². The molecule has 208 valence electrons. The molecular weight excluding hydrogens is 480 g/mol. The first-order valence-electron chi connectivity index (χ1n) is 14.3. The maximum Gasteiger partial charge on any atom is 0.236 e. The van der Waals surface area contributed by atoms with Crippen molar-refractivity contribution in [2.75, 3.05) is 52.4 Å². The highest BCUT2D eigenvalue weighted by Crippen LogP contribution is 2.30. The van der Waals surface area contributed by atoms with E-state index in [1.165, 1.54) is 0 Å². The summed E-state index contributed by atoms with van der Waals surface area (Å²) in [6.45, 7) is 11.3. The van der Waals surface area contributed by atoms with Gasteiger partial charge < -0.3 is 19.4 Å². The molecule has 0 aliphatic carbocycles. The standard InChI is InChI=1S/C30H44N4O4/c1-4-31(5-2)29(36)19-24-12-15-33-20-25(24)10-8-18-38-28-11-7-6-9-26(28)21-34(22-30(33)37)27-13-16-32(17-14-27)23(3)35/h6-11,24-25,27H,4-5,12-22H2,1-3H3/t24-,25-/m0/s1. The Bertz CT molecular complexity index is 1000. The summed E-state index contributed by atoms with van der Waals surface area (Å²) < 4.78 is 6.20. The van der Waals surface area contributed by atoms with Gasteiger partial charge in [-0.15, -0.1) is 0 Å². The minimum absolute atomic E-state index is 0.115. The van der Waals surface area contributed by atoms with Crippen LogP contribution in [0.1, 0.15) is 52.0 Å². The second-order valence-electron chi connectivity index (χ2n) is 10.8. The van der Waals surface area contributed by atoms with Crippen molar-refractivity contribution in [1.82, 2.24) is 19.6 Å². The number of carbonyl (C=O) groups is 3. The Morgan fingerprint density at radius 3 is 2.47 bits per heavy atom. The highest BCUT2D eigenvalue weighted by molar-refractivity contribution is 5.79. The summed E-state index contributed by atoms with van der Waals surface area (Å²) in [7, 11) is 0. The maximum atomic E-state index is 13.7. The molecule has 1 aromatic carbocycles. The molecule has 0 radical (unpaired) electrons. The Balaban J connectivity index is 1.54. The van der Waals surface area contributed by atoms with Crippen LogP contribution in [0, 0.1) is 11.8 Å². The van der Waals surface area contributed by atoms with Crippen molar-refractivity contribution < 1.29 is 19.1 Å². The Hall–Kier alpha value is -2.87. The van der Waals surface area contributed by atoms with Gasteiger partial charge in [-0.05, 0) is 51.0 Å². The van der Waals surface area contributed by atoms with Gasteiger partial charge in [-0.3, -0.25) is 19.3 Å². The Kier molecular flexibility index (Phi) is 9.83. The topological polar surface area (TPSA) is 73.4 Å². The molecule has 1 aromatic rings. The van der Waals surface area contributed by atoms with E-state index in [0.29, 0.717) is 39.2 Å². The van der Waals surface area contributed by atoms with Crippen LogP contribution in [0.15, 0.2) is 36.4 Å². The van der Waals surface area contributed by atoms with E-state index in [9.17, 15) is 14.4 Å². The third kappa shape index (κ3) is 6.95. The van der Waals surface area contributed by atoms with Crippen LogP contribution in [0.2, 0.25) is 0 Å². The number of hydrogen-bond acceptors (Lipinski definition) is 5. The third-order valence-corrected chi connectivity index (χ3v) is 8.54. The normalized spacial score (nSPS) is 23.5. The minimum Gasteiger partial charge on any atom is -0.489 e. The first kappa shape index (κ1) is 28.1. The van der Waals surface area contributed by atoms with Gasteiger partial charge in [0, 0.05) is 70.8 Å². The van der Waals surface area contributed by atoms with Crippen LogP contribution < -0.4 is 4.74 Å². The van der Waals surface area contributed by atoms with E-state index in [1.807, 2.05) is 46.7 Å². The molecule has 8 nitrogen and oxygen atoms in total. The van der Waals surface area contributed by atoms with E-state index in [2.05, 4.69) is 23.1 Å². The zero-order chi connectivity index (χ0) is 27.1. The molecule has 0 unspecified atom stereocenters. The molecule has 2 fully saturated rings. The van der Waals surface area contributed by atoms with Crippen LogP contribution in [0.3, 0.4) is 0 Å². The summed E-state index contributed by atoms with van der Waals surface area (Å²) in [6, 6.07) is 8.30. The molecule has 3 aliphatic heterocycles. The van der Waals surface area contributed by atoms with Crippen LogP contribution >= 0.6 is 0 Å². The summed E-state index contributed by atoms with van der Waals surface area (Å²) >= 11 is 0. The molecule has 0 saturated carbocycles. The minimum atomic E-state index is 0.115. The van der Waals surface area contributed by atoms with Crippen LogP contribution in [0.5, 0.6) is 5.75 Å². The van der Waals surface area contributed by atoms with Gasteiger partial charge in [-0.1, -0.05) is 30.4 Å². The largest absolute Gasteiger partial charge is 0.489 e. The maximum absolute atomic E-state index is 13.7. The van der Waals surface area contributed by atoms with Crippen molar-refractivity contribution in [1.29, 1.82) is 0 Å². The summed E-state index contributed by atoms with van der Waals surface area (Å²) in [6.07, 6.45) is 7.27. The molecular formula is C30H44N4O4. The number of piperidine rings is 2. The number of benzene rings is 1. The lowest BCUT2D eigenvalue weighted by atomic mass is 9.82. The SMILES string of the molecule is CCN(CC)C(=O)C[C@@H]1CCN2C[C@@H]1C=CCOc1ccccc1CN(C1CCN(C(C)=O)CC1)CC2=O. The van der Waals surface area contributed by atoms with E-state index in [1.54, 1.807) is 6.92 Å². The van der Waals surface area contributed by atoms with Crippen LogP contribution in [-0.4, -0.2) is 95.8 Å².